The fourth-order valence-corrected chi connectivity index (χ4v) is 0.916. The van der Waals surface area contributed by atoms with Crippen molar-refractivity contribution in [1.82, 2.24) is 0 Å². The fourth-order valence-electron chi connectivity index (χ4n) is 0.916. The Balaban J connectivity index is 3.48. The van der Waals surface area contributed by atoms with Gasteiger partial charge in [0.05, 0.1) is 0 Å². The van der Waals surface area contributed by atoms with Gasteiger partial charge in [0.1, 0.15) is 5.78 Å². The quantitative estimate of drug-likeness (QED) is 0.480. The maximum absolute atomic E-state index is 11.2. The third-order valence-corrected chi connectivity index (χ3v) is 1.76. The third-order valence-electron chi connectivity index (χ3n) is 1.76. The van der Waals surface area contributed by atoms with E-state index in [1.54, 1.807) is 0 Å². The number of hydrogen-bond acceptors (Lipinski definition) is 1. The van der Waals surface area contributed by atoms with Gasteiger partial charge < -0.3 is 0 Å². The molecule has 0 heterocycles. The van der Waals surface area contributed by atoms with Gasteiger partial charge in [-0.3, -0.25) is 4.79 Å². The Kier molecular flexibility index (Phi) is 6.32. The molecule has 0 radical (unpaired) electrons. The summed E-state index contributed by atoms with van der Waals surface area (Å²) >= 11 is 0. The van der Waals surface area contributed by atoms with Gasteiger partial charge in [-0.1, -0.05) is 27.7 Å². The highest BCUT2D eigenvalue weighted by molar-refractivity contribution is 5.80. The second-order valence-corrected chi connectivity index (χ2v) is 3.95. The van der Waals surface area contributed by atoms with Crippen LogP contribution in [0.3, 0.4) is 0 Å². The van der Waals surface area contributed by atoms with Crippen LogP contribution in [-0.4, -0.2) is 5.78 Å². The summed E-state index contributed by atoms with van der Waals surface area (Å²) < 4.78 is 0. The number of rotatable bonds is 4. The maximum atomic E-state index is 11.2. The van der Waals surface area contributed by atoms with Crippen LogP contribution in [0.25, 0.3) is 0 Å². The monoisotopic (exact) mass is 180 g/mol. The molecule has 74 valence electrons. The number of carbonyl (C=O) groups is 1. The molecule has 0 amide bonds. The molecule has 13 heavy (non-hydrogen) atoms. The SMILES string of the molecule is CC(C)C#CCCCC(=O)C(C)C. The molecule has 0 saturated heterocycles. The standard InChI is InChI=1S/C12H20O/c1-10(2)8-6-5-7-9-12(13)11(3)4/h10-11H,5,7,9H2,1-4H3. The summed E-state index contributed by atoms with van der Waals surface area (Å²) in [6.45, 7) is 8.04. The predicted molar refractivity (Wildman–Crippen MR) is 56.3 cm³/mol. The van der Waals surface area contributed by atoms with Crippen LogP contribution in [-0.2, 0) is 4.79 Å². The van der Waals surface area contributed by atoms with E-state index in [2.05, 4.69) is 25.7 Å². The first-order valence-electron chi connectivity index (χ1n) is 5.05. The van der Waals surface area contributed by atoms with Crippen molar-refractivity contribution in [3.8, 4) is 11.8 Å². The van der Waals surface area contributed by atoms with Gasteiger partial charge in [-0.2, -0.15) is 0 Å². The van der Waals surface area contributed by atoms with E-state index in [-0.39, 0.29) is 5.92 Å². The molecule has 0 atom stereocenters. The van der Waals surface area contributed by atoms with Crippen molar-refractivity contribution in [2.24, 2.45) is 11.8 Å². The molecule has 0 aliphatic carbocycles. The highest BCUT2D eigenvalue weighted by Crippen LogP contribution is 2.03. The highest BCUT2D eigenvalue weighted by Gasteiger charge is 2.04. The highest BCUT2D eigenvalue weighted by atomic mass is 16.1. The van der Waals surface area contributed by atoms with Crippen LogP contribution in [0.15, 0.2) is 0 Å². The minimum absolute atomic E-state index is 0.179. The Labute approximate surface area is 81.9 Å². The van der Waals surface area contributed by atoms with E-state index < -0.39 is 0 Å². The van der Waals surface area contributed by atoms with E-state index in [1.165, 1.54) is 0 Å². The normalized spacial score (nSPS) is 10.0. The van der Waals surface area contributed by atoms with Crippen molar-refractivity contribution >= 4 is 5.78 Å². The van der Waals surface area contributed by atoms with Crippen molar-refractivity contribution in [1.29, 1.82) is 0 Å². The van der Waals surface area contributed by atoms with Gasteiger partial charge in [0.15, 0.2) is 0 Å². The van der Waals surface area contributed by atoms with Gasteiger partial charge in [-0.25, -0.2) is 0 Å². The number of carbonyl (C=O) groups excluding carboxylic acids is 1. The molecule has 0 bridgehead atoms. The molecule has 0 saturated carbocycles. The Hall–Kier alpha value is -0.770. The second kappa shape index (κ2) is 6.71. The summed E-state index contributed by atoms with van der Waals surface area (Å²) in [5.41, 5.74) is 0. The molecule has 0 aliphatic heterocycles. The zero-order valence-electron chi connectivity index (χ0n) is 9.18. The summed E-state index contributed by atoms with van der Waals surface area (Å²) in [6.07, 6.45) is 2.46. The topological polar surface area (TPSA) is 17.1 Å². The zero-order chi connectivity index (χ0) is 10.3. The minimum Gasteiger partial charge on any atom is -0.299 e. The van der Waals surface area contributed by atoms with Crippen LogP contribution in [0.5, 0.6) is 0 Å². The largest absolute Gasteiger partial charge is 0.299 e. The lowest BCUT2D eigenvalue weighted by Gasteiger charge is -2.00. The van der Waals surface area contributed by atoms with E-state index >= 15 is 0 Å². The van der Waals surface area contributed by atoms with Gasteiger partial charge in [0.25, 0.3) is 0 Å². The van der Waals surface area contributed by atoms with Gasteiger partial charge in [-0.05, 0) is 6.42 Å². The number of ketones is 1. The van der Waals surface area contributed by atoms with Crippen molar-refractivity contribution in [2.75, 3.05) is 0 Å². The van der Waals surface area contributed by atoms with Crippen molar-refractivity contribution in [3.05, 3.63) is 0 Å². The molecule has 0 aromatic carbocycles. The van der Waals surface area contributed by atoms with Crippen LogP contribution in [0, 0.1) is 23.7 Å². The molecule has 0 aliphatic rings. The Bertz CT molecular complexity index is 203. The molecule has 1 heteroatoms. The molecular weight excluding hydrogens is 160 g/mol. The third kappa shape index (κ3) is 7.59. The second-order valence-electron chi connectivity index (χ2n) is 3.95. The van der Waals surface area contributed by atoms with Gasteiger partial charge in [0, 0.05) is 24.7 Å². The smallest absolute Gasteiger partial charge is 0.135 e. The number of hydrogen-bond donors (Lipinski definition) is 0. The summed E-state index contributed by atoms with van der Waals surface area (Å²) in [5, 5.41) is 0. The van der Waals surface area contributed by atoms with Gasteiger partial charge in [-0.15, -0.1) is 11.8 Å². The number of Topliss-reactive ketones (excluding diaryl/α,β-unsaturated/α-hetero) is 1. The predicted octanol–water partition coefficient (Wildman–Crippen LogP) is 3.04. The van der Waals surface area contributed by atoms with E-state index in [0.717, 1.165) is 12.8 Å². The maximum Gasteiger partial charge on any atom is 0.135 e. The van der Waals surface area contributed by atoms with Crippen molar-refractivity contribution in [2.45, 2.75) is 47.0 Å². The molecule has 0 aromatic heterocycles. The van der Waals surface area contributed by atoms with Gasteiger partial charge in [0.2, 0.25) is 0 Å². The van der Waals surface area contributed by atoms with E-state index in [1.807, 2.05) is 13.8 Å². The van der Waals surface area contributed by atoms with E-state index in [4.69, 9.17) is 0 Å². The van der Waals surface area contributed by atoms with Crippen LogP contribution >= 0.6 is 0 Å². The van der Waals surface area contributed by atoms with Crippen LogP contribution in [0.2, 0.25) is 0 Å². The van der Waals surface area contributed by atoms with Gasteiger partial charge >= 0.3 is 0 Å². The summed E-state index contributed by atoms with van der Waals surface area (Å²) in [7, 11) is 0. The van der Waals surface area contributed by atoms with Crippen LogP contribution < -0.4 is 0 Å². The summed E-state index contributed by atoms with van der Waals surface area (Å²) in [5.74, 6) is 7.14. The van der Waals surface area contributed by atoms with E-state index in [0.29, 0.717) is 18.1 Å². The molecule has 0 unspecified atom stereocenters. The van der Waals surface area contributed by atoms with Crippen molar-refractivity contribution in [3.63, 3.8) is 0 Å². The fraction of sp³-hybridized carbons (Fsp3) is 0.750. The Morgan fingerprint density at radius 1 is 1.23 bits per heavy atom. The Morgan fingerprint density at radius 2 is 1.85 bits per heavy atom. The first-order chi connectivity index (χ1) is 6.04. The lowest BCUT2D eigenvalue weighted by atomic mass is 10.0. The molecule has 0 spiro atoms. The van der Waals surface area contributed by atoms with Crippen LogP contribution in [0.4, 0.5) is 0 Å². The van der Waals surface area contributed by atoms with Crippen LogP contribution in [0.1, 0.15) is 47.0 Å². The Morgan fingerprint density at radius 3 is 2.31 bits per heavy atom. The van der Waals surface area contributed by atoms with Crippen molar-refractivity contribution < 1.29 is 4.79 Å². The minimum atomic E-state index is 0.179. The molecule has 1 nitrogen and oxygen atoms in total. The summed E-state index contributed by atoms with van der Waals surface area (Å²) in [4.78, 5) is 11.2. The average Bonchev–Trinajstić information content (AvgIpc) is 2.02. The molecule has 0 N–H and O–H groups in total. The average molecular weight is 180 g/mol. The zero-order valence-corrected chi connectivity index (χ0v) is 9.18. The number of unbranched alkanes of at least 4 members (excludes halogenated alkanes) is 1. The first kappa shape index (κ1) is 12.2. The lowest BCUT2D eigenvalue weighted by molar-refractivity contribution is -0.121. The summed E-state index contributed by atoms with van der Waals surface area (Å²) in [6, 6.07) is 0. The molecular formula is C12H20O. The van der Waals surface area contributed by atoms with E-state index in [9.17, 15) is 4.79 Å². The molecule has 0 rings (SSSR count). The first-order valence-corrected chi connectivity index (χ1v) is 5.05. The molecule has 0 aromatic rings. The lowest BCUT2D eigenvalue weighted by Crippen LogP contribution is -2.05. The molecule has 0 fully saturated rings.